The molecule has 3 rings (SSSR count). The van der Waals surface area contributed by atoms with Crippen LogP contribution in [-0.4, -0.2) is 9.91 Å². The van der Waals surface area contributed by atoms with E-state index >= 15 is 0 Å². The number of non-ortho nitro benzene ring substituents is 1. The van der Waals surface area contributed by atoms with E-state index in [0.29, 0.717) is 5.69 Å². The van der Waals surface area contributed by atoms with Crippen LogP contribution in [0.15, 0.2) is 58.4 Å². The van der Waals surface area contributed by atoms with Crippen LogP contribution in [0.4, 0.5) is 11.4 Å². The molecule has 2 aromatic carbocycles. The average molecular weight is 314 g/mol. The highest BCUT2D eigenvalue weighted by molar-refractivity contribution is 7.16. The number of nitro groups is 1. The van der Waals surface area contributed by atoms with Crippen LogP contribution in [0.1, 0.15) is 0 Å². The van der Waals surface area contributed by atoms with Crippen molar-refractivity contribution in [2.75, 3.05) is 5.43 Å². The van der Waals surface area contributed by atoms with Gasteiger partial charge in [0.05, 0.1) is 20.8 Å². The Balaban J connectivity index is 1.99. The minimum atomic E-state index is -0.489. The van der Waals surface area contributed by atoms with Gasteiger partial charge in [-0.1, -0.05) is 18.2 Å². The van der Waals surface area contributed by atoms with Crippen molar-refractivity contribution in [3.05, 3.63) is 73.7 Å². The fourth-order valence-electron chi connectivity index (χ4n) is 1.86. The van der Waals surface area contributed by atoms with Crippen LogP contribution in [0.5, 0.6) is 0 Å². The number of H-pyrrole nitrogens is 1. The summed E-state index contributed by atoms with van der Waals surface area (Å²) in [4.78, 5) is 24.9. The zero-order valence-corrected chi connectivity index (χ0v) is 12.0. The predicted molar refractivity (Wildman–Crippen MR) is 84.7 cm³/mol. The molecule has 0 atom stereocenters. The van der Waals surface area contributed by atoms with Crippen molar-refractivity contribution in [3.63, 3.8) is 0 Å². The minimum absolute atomic E-state index is 0.0451. The third-order valence-corrected chi connectivity index (χ3v) is 3.93. The first-order valence-electron chi connectivity index (χ1n) is 6.30. The van der Waals surface area contributed by atoms with Gasteiger partial charge in [-0.05, 0) is 18.2 Å². The number of aromatic amines is 1. The molecule has 0 unspecified atom stereocenters. The van der Waals surface area contributed by atoms with Crippen molar-refractivity contribution in [2.24, 2.45) is 5.10 Å². The summed E-state index contributed by atoms with van der Waals surface area (Å²) >= 11 is 1.24. The van der Waals surface area contributed by atoms with E-state index in [2.05, 4.69) is 15.5 Å². The Morgan fingerprint density at radius 1 is 1.18 bits per heavy atom. The lowest BCUT2D eigenvalue weighted by atomic mass is 10.3. The van der Waals surface area contributed by atoms with Gasteiger partial charge in [-0.15, -0.1) is 11.3 Å². The number of benzene rings is 2. The van der Waals surface area contributed by atoms with Crippen molar-refractivity contribution in [2.45, 2.75) is 0 Å². The normalized spacial score (nSPS) is 11.5. The van der Waals surface area contributed by atoms with E-state index in [9.17, 15) is 14.9 Å². The van der Waals surface area contributed by atoms with Crippen LogP contribution in [0.2, 0.25) is 0 Å². The molecule has 0 aliphatic heterocycles. The van der Waals surface area contributed by atoms with Crippen LogP contribution in [0.25, 0.3) is 10.2 Å². The third kappa shape index (κ3) is 2.86. The Morgan fingerprint density at radius 3 is 2.82 bits per heavy atom. The van der Waals surface area contributed by atoms with Gasteiger partial charge in [0.1, 0.15) is 0 Å². The molecule has 0 spiro atoms. The second-order valence-electron chi connectivity index (χ2n) is 4.39. The summed E-state index contributed by atoms with van der Waals surface area (Å²) in [7, 11) is 0. The average Bonchev–Trinajstić information content (AvgIpc) is 2.53. The highest BCUT2D eigenvalue weighted by atomic mass is 32.1. The molecule has 0 fully saturated rings. The molecule has 1 aromatic heterocycles. The first-order valence-corrected chi connectivity index (χ1v) is 7.11. The lowest BCUT2D eigenvalue weighted by molar-refractivity contribution is -0.384. The molecular weight excluding hydrogens is 304 g/mol. The van der Waals surface area contributed by atoms with Gasteiger partial charge in [0.25, 0.3) is 11.2 Å². The van der Waals surface area contributed by atoms with E-state index in [-0.39, 0.29) is 15.9 Å². The lowest BCUT2D eigenvalue weighted by Gasteiger charge is -1.99. The number of fused-ring (bicyclic) bond motifs is 1. The number of nitro benzene ring substituents is 1. The molecule has 3 aromatic rings. The molecule has 8 heteroatoms. The Bertz CT molecular complexity index is 977. The molecule has 22 heavy (non-hydrogen) atoms. The van der Waals surface area contributed by atoms with Gasteiger partial charge >= 0.3 is 0 Å². The largest absolute Gasteiger partial charge is 0.319 e. The van der Waals surface area contributed by atoms with E-state index in [0.717, 1.165) is 10.2 Å². The fourth-order valence-corrected chi connectivity index (χ4v) is 2.68. The van der Waals surface area contributed by atoms with Crippen molar-refractivity contribution < 1.29 is 4.92 Å². The summed E-state index contributed by atoms with van der Waals surface area (Å²) in [5, 5.41) is 14.8. The molecule has 0 aliphatic carbocycles. The van der Waals surface area contributed by atoms with Gasteiger partial charge in [0.2, 0.25) is 4.67 Å². The maximum Gasteiger partial charge on any atom is 0.286 e. The second kappa shape index (κ2) is 5.78. The number of rotatable bonds is 3. The molecule has 7 nitrogen and oxygen atoms in total. The molecule has 0 bridgehead atoms. The van der Waals surface area contributed by atoms with Gasteiger partial charge in [0, 0.05) is 12.1 Å². The zero-order chi connectivity index (χ0) is 15.5. The molecular formula is C14H10N4O3S. The summed E-state index contributed by atoms with van der Waals surface area (Å²) in [5.74, 6) is 0. The number of hydrogen-bond acceptors (Lipinski definition) is 6. The van der Waals surface area contributed by atoms with Crippen molar-refractivity contribution in [1.82, 2.24) is 4.98 Å². The molecule has 2 N–H and O–H groups in total. The molecule has 0 amide bonds. The molecule has 110 valence electrons. The van der Waals surface area contributed by atoms with E-state index < -0.39 is 4.92 Å². The van der Waals surface area contributed by atoms with Crippen LogP contribution in [-0.2, 0) is 0 Å². The molecule has 0 saturated heterocycles. The zero-order valence-electron chi connectivity index (χ0n) is 11.1. The van der Waals surface area contributed by atoms with Gasteiger partial charge in [-0.2, -0.15) is 5.10 Å². The lowest BCUT2D eigenvalue weighted by Crippen LogP contribution is -2.25. The number of para-hydroxylation sites is 1. The maximum absolute atomic E-state index is 11.9. The SMILES string of the molecule is O=c1[nH]c2ccccc2s/c1=N\Nc1cccc([N+](=O)[O-])c1. The summed E-state index contributed by atoms with van der Waals surface area (Å²) < 4.78 is 1.13. The number of anilines is 1. The second-order valence-corrected chi connectivity index (χ2v) is 5.42. The summed E-state index contributed by atoms with van der Waals surface area (Å²) in [6, 6.07) is 13.3. The first kappa shape index (κ1) is 14.0. The summed E-state index contributed by atoms with van der Waals surface area (Å²) in [5.41, 5.74) is 3.49. The molecule has 0 radical (unpaired) electrons. The van der Waals surface area contributed by atoms with Gasteiger partial charge < -0.3 is 4.98 Å². The maximum atomic E-state index is 11.9. The van der Waals surface area contributed by atoms with E-state index in [1.54, 1.807) is 12.1 Å². The van der Waals surface area contributed by atoms with Crippen molar-refractivity contribution >= 4 is 32.9 Å². The van der Waals surface area contributed by atoms with E-state index in [1.165, 1.54) is 23.5 Å². The molecule has 0 saturated carbocycles. The summed E-state index contributed by atoms with van der Waals surface area (Å²) in [6.07, 6.45) is 0. The quantitative estimate of drug-likeness (QED) is 0.572. The number of nitrogens with one attached hydrogen (secondary N) is 2. The van der Waals surface area contributed by atoms with Crippen molar-refractivity contribution in [3.8, 4) is 0 Å². The monoisotopic (exact) mass is 314 g/mol. The fraction of sp³-hybridized carbons (Fsp3) is 0. The highest BCUT2D eigenvalue weighted by Gasteiger charge is 2.05. The molecule has 1 heterocycles. The van der Waals surface area contributed by atoms with Crippen molar-refractivity contribution in [1.29, 1.82) is 0 Å². The highest BCUT2D eigenvalue weighted by Crippen LogP contribution is 2.16. The van der Waals surface area contributed by atoms with Crippen LogP contribution < -0.4 is 15.7 Å². The molecule has 0 aliphatic rings. The van der Waals surface area contributed by atoms with Crippen LogP contribution >= 0.6 is 11.3 Å². The smallest absolute Gasteiger partial charge is 0.286 e. The number of aromatic nitrogens is 1. The van der Waals surface area contributed by atoms with Gasteiger partial charge in [-0.25, -0.2) is 0 Å². The van der Waals surface area contributed by atoms with Crippen LogP contribution in [0, 0.1) is 10.1 Å². The Labute approximate surface area is 127 Å². The number of nitrogens with zero attached hydrogens (tertiary/aromatic N) is 2. The third-order valence-electron chi connectivity index (χ3n) is 2.88. The number of hydrogen-bond donors (Lipinski definition) is 2. The predicted octanol–water partition coefficient (Wildman–Crippen LogP) is 2.43. The van der Waals surface area contributed by atoms with E-state index in [1.807, 2.05) is 24.3 Å². The summed E-state index contributed by atoms with van der Waals surface area (Å²) in [6.45, 7) is 0. The minimum Gasteiger partial charge on any atom is -0.319 e. The van der Waals surface area contributed by atoms with Gasteiger partial charge in [0.15, 0.2) is 0 Å². The Morgan fingerprint density at radius 2 is 2.00 bits per heavy atom. The Hall–Kier alpha value is -3.00. The van der Waals surface area contributed by atoms with Crippen LogP contribution in [0.3, 0.4) is 0 Å². The van der Waals surface area contributed by atoms with Gasteiger partial charge in [-0.3, -0.25) is 20.3 Å². The standard InChI is InChI=1S/C14H10N4O3S/c19-13-14(22-12-7-2-1-6-11(12)15-13)17-16-9-4-3-5-10(8-9)18(20)21/h1-8,16H,(H,15,19)/b17-14-. The first-order chi connectivity index (χ1) is 10.6. The topological polar surface area (TPSA) is 100 Å². The van der Waals surface area contributed by atoms with E-state index in [4.69, 9.17) is 0 Å². The Kier molecular flexibility index (Phi) is 3.67.